The molecule has 1 N–H and O–H groups in total. The summed E-state index contributed by atoms with van der Waals surface area (Å²) in [7, 11) is 0. The van der Waals surface area contributed by atoms with Crippen LogP contribution in [0.5, 0.6) is 0 Å². The van der Waals surface area contributed by atoms with Crippen molar-refractivity contribution in [2.45, 2.75) is 27.2 Å². The van der Waals surface area contributed by atoms with Gasteiger partial charge in [-0.15, -0.1) is 13.2 Å². The first-order chi connectivity index (χ1) is 7.47. The van der Waals surface area contributed by atoms with Gasteiger partial charge in [0, 0.05) is 5.57 Å². The average molecular weight is 228 g/mol. The summed E-state index contributed by atoms with van der Waals surface area (Å²) in [5, 5.41) is 7.89. The zero-order valence-electron chi connectivity index (χ0n) is 10.7. The third kappa shape index (κ3) is 38.8. The van der Waals surface area contributed by atoms with Gasteiger partial charge in [0.2, 0.25) is 0 Å². The van der Waals surface area contributed by atoms with Gasteiger partial charge in [-0.25, -0.2) is 4.79 Å². The smallest absolute Gasteiger partial charge is 0.330 e. The molecule has 0 saturated carbocycles. The Labute approximate surface area is 99.1 Å². The van der Waals surface area contributed by atoms with Gasteiger partial charge in [0.05, 0.1) is 13.2 Å². The maximum Gasteiger partial charge on any atom is 0.330 e. The van der Waals surface area contributed by atoms with E-state index in [-0.39, 0.29) is 5.57 Å². The molecule has 0 aromatic heterocycles. The third-order valence-corrected chi connectivity index (χ3v) is 0.836. The van der Waals surface area contributed by atoms with Gasteiger partial charge in [0.1, 0.15) is 0 Å². The van der Waals surface area contributed by atoms with Crippen molar-refractivity contribution in [2.24, 2.45) is 0 Å². The number of aliphatic carboxylic acids is 1. The number of carboxylic acids is 1. The minimum absolute atomic E-state index is 0.176. The lowest BCUT2D eigenvalue weighted by Gasteiger charge is -1.89. The van der Waals surface area contributed by atoms with Crippen LogP contribution in [-0.2, 0) is 9.53 Å². The van der Waals surface area contributed by atoms with Gasteiger partial charge in [-0.05, 0) is 6.92 Å². The minimum atomic E-state index is -0.935. The van der Waals surface area contributed by atoms with Crippen LogP contribution in [0.25, 0.3) is 0 Å². The van der Waals surface area contributed by atoms with Crippen LogP contribution in [0.3, 0.4) is 0 Å². The average Bonchev–Trinajstić information content (AvgIpc) is 2.20. The first-order valence-electron chi connectivity index (χ1n) is 5.16. The Morgan fingerprint density at radius 3 is 1.62 bits per heavy atom. The molecule has 0 saturated heterocycles. The van der Waals surface area contributed by atoms with E-state index >= 15 is 0 Å². The molecule has 0 radical (unpaired) electrons. The highest BCUT2D eigenvalue weighted by molar-refractivity contribution is 5.84. The molecule has 0 fully saturated rings. The lowest BCUT2D eigenvalue weighted by Crippen LogP contribution is -1.92. The van der Waals surface area contributed by atoms with E-state index < -0.39 is 5.97 Å². The van der Waals surface area contributed by atoms with Crippen LogP contribution in [0.2, 0.25) is 0 Å². The molecule has 0 rings (SSSR count). The molecule has 94 valence electrons. The van der Waals surface area contributed by atoms with Gasteiger partial charge in [0.15, 0.2) is 0 Å². The van der Waals surface area contributed by atoms with Gasteiger partial charge in [-0.2, -0.15) is 0 Å². The predicted molar refractivity (Wildman–Crippen MR) is 69.6 cm³/mol. The molecule has 0 aromatic rings. The largest absolute Gasteiger partial charge is 0.478 e. The van der Waals surface area contributed by atoms with E-state index in [0.29, 0.717) is 13.2 Å². The summed E-state index contributed by atoms with van der Waals surface area (Å²) >= 11 is 0. The van der Waals surface area contributed by atoms with Crippen LogP contribution >= 0.6 is 0 Å². The van der Waals surface area contributed by atoms with Crippen LogP contribution < -0.4 is 0 Å². The van der Waals surface area contributed by atoms with Gasteiger partial charge in [-0.1, -0.05) is 39.0 Å². The van der Waals surface area contributed by atoms with Crippen LogP contribution in [0.4, 0.5) is 0 Å². The summed E-state index contributed by atoms with van der Waals surface area (Å²) in [5.74, 6) is -0.935. The van der Waals surface area contributed by atoms with Crippen molar-refractivity contribution < 1.29 is 14.6 Å². The number of hydrogen-bond donors (Lipinski definition) is 1. The summed E-state index contributed by atoms with van der Waals surface area (Å²) in [5.41, 5.74) is 0.176. The maximum absolute atomic E-state index is 9.60. The van der Waals surface area contributed by atoms with Crippen molar-refractivity contribution in [1.29, 1.82) is 0 Å². The highest BCUT2D eigenvalue weighted by Crippen LogP contribution is 1.81. The van der Waals surface area contributed by atoms with E-state index in [1.165, 1.54) is 13.3 Å². The quantitative estimate of drug-likeness (QED) is 0.445. The Balaban J connectivity index is -0.000000172. The molecule has 0 heterocycles. The minimum Gasteiger partial charge on any atom is -0.478 e. The number of carbonyl (C=O) groups is 1. The molecule has 0 bridgehead atoms. The number of ether oxygens (including phenoxy) is 1. The van der Waals surface area contributed by atoms with Gasteiger partial charge in [-0.3, -0.25) is 0 Å². The first-order valence-corrected chi connectivity index (χ1v) is 5.16. The summed E-state index contributed by atoms with van der Waals surface area (Å²) in [6, 6.07) is 0. The lowest BCUT2D eigenvalue weighted by atomic mass is 10.4. The van der Waals surface area contributed by atoms with Crippen molar-refractivity contribution in [3.8, 4) is 0 Å². The van der Waals surface area contributed by atoms with Crippen molar-refractivity contribution >= 4 is 5.97 Å². The second kappa shape index (κ2) is 19.3. The van der Waals surface area contributed by atoms with Crippen molar-refractivity contribution in [3.63, 3.8) is 0 Å². The number of hydrogen-bond acceptors (Lipinski definition) is 2. The molecule has 0 unspecified atom stereocenters. The highest BCUT2D eigenvalue weighted by Gasteiger charge is 1.90. The fourth-order valence-electron chi connectivity index (χ4n) is 0.235. The number of rotatable bonds is 5. The topological polar surface area (TPSA) is 46.5 Å². The molecule has 3 heteroatoms. The third-order valence-electron chi connectivity index (χ3n) is 0.836. The van der Waals surface area contributed by atoms with E-state index in [0.717, 1.165) is 0 Å². The first kappa shape index (κ1) is 20.1. The molecule has 0 aliphatic heterocycles. The molecule has 3 nitrogen and oxygen atoms in total. The Hall–Kier alpha value is -1.35. The molecule has 0 aliphatic rings. The Morgan fingerprint density at radius 2 is 1.50 bits per heavy atom. The van der Waals surface area contributed by atoms with Crippen LogP contribution in [-0.4, -0.2) is 24.3 Å². The van der Waals surface area contributed by atoms with E-state index in [4.69, 9.17) is 9.84 Å². The zero-order valence-corrected chi connectivity index (χ0v) is 10.7. The molecule has 0 atom stereocenters. The second-order valence-electron chi connectivity index (χ2n) is 2.91. The van der Waals surface area contributed by atoms with Crippen LogP contribution in [0, 0.1) is 0 Å². The summed E-state index contributed by atoms with van der Waals surface area (Å²) < 4.78 is 4.90. The molecule has 16 heavy (non-hydrogen) atoms. The Kier molecular flexibility index (Phi) is 24.2. The predicted octanol–water partition coefficient (Wildman–Crippen LogP) is 3.44. The normalized spacial score (nSPS) is 7.44. The SMILES string of the molecule is C=C(C)C(=O)O.C=CCOCC=C.CCC. The van der Waals surface area contributed by atoms with Crippen LogP contribution in [0.1, 0.15) is 27.2 Å². The zero-order chi connectivity index (χ0) is 13.4. The van der Waals surface area contributed by atoms with Crippen LogP contribution in [0.15, 0.2) is 37.5 Å². The van der Waals surface area contributed by atoms with Crippen molar-refractivity contribution in [3.05, 3.63) is 37.5 Å². The Morgan fingerprint density at radius 1 is 1.25 bits per heavy atom. The fourth-order valence-corrected chi connectivity index (χ4v) is 0.235. The van der Waals surface area contributed by atoms with Crippen molar-refractivity contribution in [2.75, 3.05) is 13.2 Å². The summed E-state index contributed by atoms with van der Waals surface area (Å²) in [6.45, 7) is 17.0. The van der Waals surface area contributed by atoms with Crippen molar-refractivity contribution in [1.82, 2.24) is 0 Å². The Bertz CT molecular complexity index is 175. The van der Waals surface area contributed by atoms with Gasteiger partial charge >= 0.3 is 5.97 Å². The fraction of sp³-hybridized carbons (Fsp3) is 0.462. The van der Waals surface area contributed by atoms with Gasteiger partial charge < -0.3 is 9.84 Å². The highest BCUT2D eigenvalue weighted by atomic mass is 16.5. The molecule has 0 spiro atoms. The summed E-state index contributed by atoms with van der Waals surface area (Å²) in [4.78, 5) is 9.60. The van der Waals surface area contributed by atoms with E-state index in [9.17, 15) is 4.79 Å². The van der Waals surface area contributed by atoms with E-state index in [1.807, 2.05) is 0 Å². The second-order valence-corrected chi connectivity index (χ2v) is 2.91. The molecular formula is C13H24O3. The monoisotopic (exact) mass is 228 g/mol. The van der Waals surface area contributed by atoms with E-state index in [2.05, 4.69) is 33.6 Å². The maximum atomic E-state index is 9.60. The summed E-state index contributed by atoms with van der Waals surface area (Å²) in [6.07, 6.45) is 4.67. The lowest BCUT2D eigenvalue weighted by molar-refractivity contribution is -0.132. The van der Waals surface area contributed by atoms with E-state index in [1.54, 1.807) is 12.2 Å². The number of carboxylic acid groups (broad SMARTS) is 1. The molecular weight excluding hydrogens is 204 g/mol. The molecule has 0 aromatic carbocycles. The van der Waals surface area contributed by atoms with Gasteiger partial charge in [0.25, 0.3) is 0 Å². The molecule has 0 amide bonds. The molecule has 0 aliphatic carbocycles. The standard InChI is InChI=1S/C6H10O.C4H6O2.C3H8/c1-3-5-7-6-4-2;1-3(2)4(5)6;1-3-2/h3-4H,1-2,5-6H2;1H2,2H3,(H,5,6);3H2,1-2H3.